The minimum Gasteiger partial charge on any atom is -0.512 e. The van der Waals surface area contributed by atoms with Crippen LogP contribution in [0.3, 0.4) is 0 Å². The second-order valence-corrected chi connectivity index (χ2v) is 31.8. The number of nitrogens with zero attached hydrogens (tertiary/aromatic N) is 11. The summed E-state index contributed by atoms with van der Waals surface area (Å²) in [5.41, 5.74) is 27.4. The number of rotatable bonds is 10. The maximum Gasteiger partial charge on any atom is 3.00 e. The Balaban J connectivity index is 0.000000135. The number of fused-ring (bicyclic) bond motifs is 12. The first-order chi connectivity index (χ1) is 68.4. The Morgan fingerprint density at radius 2 is 0.697 bits per heavy atom. The standard InChI is InChI=1S/C20H13N2.C20H15N2.C19H13N2.3C11H8N.2C11H7N.2C5H8O2.3Ir/c1-2-9-16-14(7-1)15-8-5-6-13-12-21-17-10-3-4-11-18(17)22(16)20(21)19(13)15;1-2-9-16(10-3-1)22-19-13-7-6-12-18(19)21-14-15-8-4-5-11-17(15)20(21)22;1-3-9-15(10-4-1)19-20-17-13-7-8-14-18(17)21(19)16-11-5-2-6-12-16;3*1-2-6-10(7-3-1)11-8-4-5-9-12-11;2*1-2-5-10(6-3-1)11-7-4-8-12-9-11;2*1-4(6)3-5(2)7;;;/h1-11H,12H2;1-13H,14H2;1-9,11-14H;3*1-6,8-9H;2*1-5,7-8H;2*3,6H,1-2H3;;;/q2*+1;4*-1;2*-2;;;;;+3. The van der Waals surface area contributed by atoms with Crippen LogP contribution in [0, 0.1) is 48.8 Å². The number of para-hydroxylation sites is 9. The van der Waals surface area contributed by atoms with Gasteiger partial charge in [-0.05, 0) is 136 Å². The molecule has 0 amide bonds. The van der Waals surface area contributed by atoms with Gasteiger partial charge in [-0.15, -0.1) is 168 Å². The number of carbonyl (C=O) groups is 2. The van der Waals surface area contributed by atoms with Gasteiger partial charge < -0.3 is 39.7 Å². The van der Waals surface area contributed by atoms with Crippen LogP contribution in [0.25, 0.3) is 151 Å². The van der Waals surface area contributed by atoms with Crippen molar-refractivity contribution in [3.63, 3.8) is 0 Å². The number of pyridine rings is 6. The summed E-state index contributed by atoms with van der Waals surface area (Å²) in [6.45, 7) is 7.62. The Morgan fingerprint density at radius 1 is 0.324 bits per heavy atom. The molecule has 0 unspecified atom stereocenters. The van der Waals surface area contributed by atoms with Crippen LogP contribution in [0.4, 0.5) is 0 Å². The number of aliphatic hydroxyl groups is 2. The van der Waals surface area contributed by atoms with E-state index in [1.165, 1.54) is 117 Å². The second kappa shape index (κ2) is 52.4. The smallest absolute Gasteiger partial charge is 0.512 e. The molecule has 0 saturated carbocycles. The number of aromatic nitrogens is 11. The largest absolute Gasteiger partial charge is 3.00 e. The predicted molar refractivity (Wildman–Crippen MR) is 557 cm³/mol. The van der Waals surface area contributed by atoms with Crippen molar-refractivity contribution in [3.05, 3.63) is 539 Å². The van der Waals surface area contributed by atoms with Gasteiger partial charge in [-0.1, -0.05) is 189 Å². The molecule has 18 heteroatoms. The number of carbonyl (C=O) groups excluding carboxylic acids is 2. The first-order valence-electron chi connectivity index (χ1n) is 45.3. The summed E-state index contributed by atoms with van der Waals surface area (Å²) in [6.07, 6.45) is 16.9. The molecular formula is C124H95Ir3N11O4-3. The van der Waals surface area contributed by atoms with E-state index in [0.717, 1.165) is 97.2 Å². The van der Waals surface area contributed by atoms with Gasteiger partial charge in [-0.3, -0.25) is 14.6 Å². The zero-order valence-corrected chi connectivity index (χ0v) is 85.2. The van der Waals surface area contributed by atoms with Gasteiger partial charge in [-0.2, -0.15) is 69.6 Å². The Bertz CT molecular complexity index is 7330. The number of benzene rings is 14. The van der Waals surface area contributed by atoms with E-state index in [1.54, 1.807) is 31.0 Å². The van der Waals surface area contributed by atoms with E-state index in [1.807, 2.05) is 261 Å². The van der Waals surface area contributed by atoms with Gasteiger partial charge in [0.15, 0.2) is 33.6 Å². The molecule has 0 aliphatic carbocycles. The molecule has 0 fully saturated rings. The number of imidazole rings is 3. The quantitative estimate of drug-likeness (QED) is 0.0441. The number of ketones is 2. The maximum atomic E-state index is 10.0. The summed E-state index contributed by atoms with van der Waals surface area (Å²) in [7, 11) is 0. The molecular weight excluding hydrogens is 2280 g/mol. The number of allylic oxidation sites excluding steroid dienone is 4. The minimum absolute atomic E-state index is 0. The topological polar surface area (TPSA) is 174 Å². The fourth-order valence-corrected chi connectivity index (χ4v) is 16.2. The van der Waals surface area contributed by atoms with Gasteiger partial charge in [0.25, 0.3) is 11.5 Å². The van der Waals surface area contributed by atoms with Gasteiger partial charge in [0.05, 0.1) is 39.3 Å². The van der Waals surface area contributed by atoms with Gasteiger partial charge in [0.2, 0.25) is 0 Å². The van der Waals surface area contributed by atoms with Gasteiger partial charge in [0, 0.05) is 98.5 Å². The van der Waals surface area contributed by atoms with E-state index in [0.29, 0.717) is 0 Å². The van der Waals surface area contributed by atoms with Crippen molar-refractivity contribution >= 4 is 72.0 Å². The normalized spacial score (nSPS) is 10.8. The van der Waals surface area contributed by atoms with Crippen LogP contribution in [0.2, 0.25) is 0 Å². The SMILES string of the molecule is CC(=O)C=C(C)O.CC(=O)C=C(C)O.[Ir+3].[Ir].[Ir].[c-]1ccccc1-c1[c-]nccc1.[c-]1ccccc1-c1[c-]nccc1.[c-]1ccccc1-c1ccccn1.[c-]1ccccc1-c1ccccn1.[c-]1ccccc1-c1ccccn1.[c-]1ccccc1-c1nc2ccccc2n1-c1ccccc1.c1cc2c3c(c1)c1ccccc1n1c4ccccc4[n+](c31)C2.c1ccc(-n2c3[n+](c4ccccc42)Cc2ccccc2-3)cc1. The summed E-state index contributed by atoms with van der Waals surface area (Å²) in [5.74, 6) is 2.08. The van der Waals surface area contributed by atoms with E-state index < -0.39 is 0 Å². The predicted octanol–water partition coefficient (Wildman–Crippen LogP) is 26.9. The molecule has 2 aliphatic rings. The molecule has 11 heterocycles. The fraction of sp³-hybridized carbons (Fsp3) is 0.0484. The first-order valence-corrected chi connectivity index (χ1v) is 45.3. The summed E-state index contributed by atoms with van der Waals surface area (Å²) < 4.78 is 11.9. The number of hydrogen-bond donors (Lipinski definition) is 2. The molecule has 2 aliphatic heterocycles. The molecule has 142 heavy (non-hydrogen) atoms. The molecule has 23 aromatic rings. The third kappa shape index (κ3) is 26.5. The van der Waals surface area contributed by atoms with Crippen molar-refractivity contribution in [2.45, 2.75) is 40.8 Å². The molecule has 0 atom stereocenters. The van der Waals surface area contributed by atoms with Crippen molar-refractivity contribution in [2.24, 2.45) is 0 Å². The van der Waals surface area contributed by atoms with Crippen molar-refractivity contribution < 1.29 is 89.3 Å². The molecule has 2 N–H and O–H groups in total. The van der Waals surface area contributed by atoms with Crippen molar-refractivity contribution in [1.82, 2.24) is 43.4 Å². The van der Waals surface area contributed by atoms with Crippen molar-refractivity contribution in [1.29, 1.82) is 0 Å². The third-order valence-corrected chi connectivity index (χ3v) is 22.0. The number of aliphatic hydroxyl groups excluding tert-OH is 2. The van der Waals surface area contributed by atoms with Crippen LogP contribution in [0.1, 0.15) is 38.8 Å². The van der Waals surface area contributed by atoms with E-state index >= 15 is 0 Å². The molecule has 0 spiro atoms. The molecule has 2 radical (unpaired) electrons. The Hall–Kier alpha value is -16.4. The zero-order chi connectivity index (χ0) is 95.7. The summed E-state index contributed by atoms with van der Waals surface area (Å²) in [4.78, 5) is 45.3. The zero-order valence-electron chi connectivity index (χ0n) is 78.0. The second-order valence-electron chi connectivity index (χ2n) is 31.8. The molecule has 9 aromatic heterocycles. The van der Waals surface area contributed by atoms with Crippen molar-refractivity contribution in [2.75, 3.05) is 0 Å². The van der Waals surface area contributed by atoms with E-state index in [-0.39, 0.29) is 83.4 Å². The molecule has 25 rings (SSSR count). The Labute approximate surface area is 867 Å². The summed E-state index contributed by atoms with van der Waals surface area (Å²) in [6, 6.07) is 162. The van der Waals surface area contributed by atoms with Crippen LogP contribution < -0.4 is 9.13 Å². The van der Waals surface area contributed by atoms with E-state index in [4.69, 9.17) is 15.2 Å². The first kappa shape index (κ1) is 103. The van der Waals surface area contributed by atoms with Gasteiger partial charge in [0.1, 0.15) is 24.3 Å². The minimum atomic E-state index is -0.125. The van der Waals surface area contributed by atoms with E-state index in [2.05, 4.69) is 260 Å². The van der Waals surface area contributed by atoms with Crippen LogP contribution in [0.5, 0.6) is 0 Å². The van der Waals surface area contributed by atoms with Crippen LogP contribution in [0.15, 0.2) is 479 Å². The Morgan fingerprint density at radius 3 is 1.14 bits per heavy atom. The average molecular weight is 2380 g/mol. The van der Waals surface area contributed by atoms with Gasteiger partial charge >= 0.3 is 20.1 Å². The summed E-state index contributed by atoms with van der Waals surface area (Å²) in [5, 5.41) is 20.8. The van der Waals surface area contributed by atoms with Crippen LogP contribution >= 0.6 is 0 Å². The monoisotopic (exact) mass is 2380 g/mol. The number of hydrogen-bond acceptors (Lipinski definition) is 10. The molecule has 15 nitrogen and oxygen atoms in total. The summed E-state index contributed by atoms with van der Waals surface area (Å²) >= 11 is 0. The maximum absolute atomic E-state index is 10.0. The fourth-order valence-electron chi connectivity index (χ4n) is 16.2. The van der Waals surface area contributed by atoms with Crippen molar-refractivity contribution in [3.8, 4) is 90.2 Å². The van der Waals surface area contributed by atoms with E-state index in [9.17, 15) is 9.59 Å². The molecule has 0 saturated heterocycles. The Kier molecular flexibility index (Phi) is 38.0. The molecule has 0 bridgehead atoms. The van der Waals surface area contributed by atoms with Crippen LogP contribution in [-0.2, 0) is 83.0 Å². The molecule has 700 valence electrons. The van der Waals surface area contributed by atoms with Gasteiger partial charge in [-0.25, -0.2) is 31.4 Å². The average Bonchev–Trinajstić information content (AvgIpc) is 1.53. The molecule has 14 aromatic carbocycles. The van der Waals surface area contributed by atoms with Crippen LogP contribution in [-0.4, -0.2) is 65.2 Å². The third-order valence-electron chi connectivity index (χ3n) is 22.0.